The number of carbonyl (C=O) groups excluding carboxylic acids is 3. The standard InChI is InChI=1S/C36H64N2O10S4/c1-9-10-11-12-13-14-15-16-17-18-23-50-34(49)51-30(31(39)38-36(4,5)27-52(42,43)44)25-28(32(40)47-21-19-45-7)24-29(26-35(2,3)37-6)33(41)48-22-20-46-8/h28-30H,9-27H2,1-5,7-8H3,(H,38,39)(H,42,43,44). The first-order chi connectivity index (χ1) is 24.4. The fourth-order valence-corrected chi connectivity index (χ4v) is 9.19. The number of nitrogens with one attached hydrogen (secondary N) is 1. The van der Waals surface area contributed by atoms with Gasteiger partial charge in [-0.15, -0.1) is 11.8 Å². The average molecular weight is 813 g/mol. The van der Waals surface area contributed by atoms with E-state index < -0.39 is 61.9 Å². The number of nitrogens with zero attached hydrogens (tertiary/aromatic N) is 1. The third-order valence-electron chi connectivity index (χ3n) is 8.10. The number of thioether (sulfide) groups is 2. The normalized spacial score (nSPS) is 13.8. The maximum absolute atomic E-state index is 13.8. The molecule has 16 heteroatoms. The van der Waals surface area contributed by atoms with Gasteiger partial charge in [0, 0.05) is 34.5 Å². The first-order valence-corrected chi connectivity index (χ1v) is 22.1. The van der Waals surface area contributed by atoms with E-state index >= 15 is 0 Å². The van der Waals surface area contributed by atoms with Crippen molar-refractivity contribution in [3.05, 3.63) is 11.4 Å². The summed E-state index contributed by atoms with van der Waals surface area (Å²) in [5, 5.41) is 1.72. The second kappa shape index (κ2) is 28.0. The molecular weight excluding hydrogens is 749 g/mol. The summed E-state index contributed by atoms with van der Waals surface area (Å²) in [4.78, 5) is 44.3. The Bertz CT molecular complexity index is 1210. The van der Waals surface area contributed by atoms with Crippen LogP contribution in [0.5, 0.6) is 0 Å². The Kier molecular flexibility index (Phi) is 27.2. The van der Waals surface area contributed by atoms with Gasteiger partial charge in [-0.2, -0.15) is 8.42 Å². The Labute approximate surface area is 327 Å². The molecule has 2 N–H and O–H groups in total. The van der Waals surface area contributed by atoms with Gasteiger partial charge >= 0.3 is 11.9 Å². The molecular formula is C36H64N2O10S4. The second-order valence-electron chi connectivity index (χ2n) is 14.3. The number of hydrogen-bond acceptors (Lipinski definition) is 12. The lowest BCUT2D eigenvalue weighted by atomic mass is 9.83. The summed E-state index contributed by atoms with van der Waals surface area (Å²) in [6.45, 7) is 16.4. The molecule has 1 amide bonds. The van der Waals surface area contributed by atoms with Crippen molar-refractivity contribution in [1.29, 1.82) is 0 Å². The number of carbonyl (C=O) groups is 3. The zero-order chi connectivity index (χ0) is 39.6. The van der Waals surface area contributed by atoms with Crippen molar-refractivity contribution in [3.63, 3.8) is 0 Å². The lowest BCUT2D eigenvalue weighted by Gasteiger charge is -2.29. The maximum atomic E-state index is 13.8. The Morgan fingerprint density at radius 1 is 0.827 bits per heavy atom. The highest BCUT2D eigenvalue weighted by atomic mass is 32.2. The first kappa shape index (κ1) is 50.5. The molecule has 0 aromatic heterocycles. The molecule has 0 saturated carbocycles. The van der Waals surface area contributed by atoms with E-state index in [9.17, 15) is 27.4 Å². The summed E-state index contributed by atoms with van der Waals surface area (Å²) >= 11 is 8.23. The van der Waals surface area contributed by atoms with Crippen molar-refractivity contribution in [2.45, 2.75) is 134 Å². The Balaban J connectivity index is 6.06. The summed E-state index contributed by atoms with van der Waals surface area (Å²) in [5.41, 5.74) is -2.30. The van der Waals surface area contributed by atoms with Crippen LogP contribution in [0.15, 0.2) is 0 Å². The van der Waals surface area contributed by atoms with E-state index in [0.717, 1.165) is 36.8 Å². The molecule has 0 saturated heterocycles. The third-order valence-corrected chi connectivity index (χ3v) is 12.1. The molecule has 0 heterocycles. The van der Waals surface area contributed by atoms with Crippen molar-refractivity contribution >= 4 is 67.2 Å². The van der Waals surface area contributed by atoms with Crippen molar-refractivity contribution in [3.8, 4) is 0 Å². The summed E-state index contributed by atoms with van der Waals surface area (Å²) in [5.74, 6) is -3.71. The predicted octanol–water partition coefficient (Wildman–Crippen LogP) is 7.29. The molecule has 0 aromatic carbocycles. The van der Waals surface area contributed by atoms with Gasteiger partial charge in [-0.05, 0) is 38.9 Å². The molecule has 0 spiro atoms. The van der Waals surface area contributed by atoms with Gasteiger partial charge in [0.25, 0.3) is 10.1 Å². The number of amides is 1. The van der Waals surface area contributed by atoms with Crippen molar-refractivity contribution in [1.82, 2.24) is 5.32 Å². The van der Waals surface area contributed by atoms with Gasteiger partial charge in [-0.25, -0.2) is 6.57 Å². The molecule has 3 unspecified atom stereocenters. The van der Waals surface area contributed by atoms with Gasteiger partial charge in [-0.1, -0.05) is 88.7 Å². The van der Waals surface area contributed by atoms with E-state index in [2.05, 4.69) is 17.1 Å². The van der Waals surface area contributed by atoms with Crippen LogP contribution in [0.3, 0.4) is 0 Å². The smallest absolute Gasteiger partial charge is 0.309 e. The van der Waals surface area contributed by atoms with Crippen LogP contribution in [0.2, 0.25) is 0 Å². The van der Waals surface area contributed by atoms with Crippen LogP contribution in [0.1, 0.15) is 118 Å². The lowest BCUT2D eigenvalue weighted by molar-refractivity contribution is -0.154. The minimum absolute atomic E-state index is 0.0124. The van der Waals surface area contributed by atoms with Crippen molar-refractivity contribution < 1.29 is 46.3 Å². The van der Waals surface area contributed by atoms with Crippen LogP contribution in [0.4, 0.5) is 0 Å². The van der Waals surface area contributed by atoms with Gasteiger partial charge in [0.15, 0.2) is 0 Å². The molecule has 0 radical (unpaired) electrons. The minimum Gasteiger partial charge on any atom is -0.463 e. The number of methoxy groups -OCH3 is 2. The molecule has 0 rings (SSSR count). The summed E-state index contributed by atoms with van der Waals surface area (Å²) in [6.07, 6.45) is 11.9. The Morgan fingerprint density at radius 2 is 1.33 bits per heavy atom. The Morgan fingerprint density at radius 3 is 1.81 bits per heavy atom. The molecule has 302 valence electrons. The minimum atomic E-state index is -4.43. The molecule has 0 aliphatic rings. The maximum Gasteiger partial charge on any atom is 0.309 e. The fraction of sp³-hybridized carbons (Fsp3) is 0.861. The summed E-state index contributed by atoms with van der Waals surface area (Å²) in [7, 11) is -1.50. The molecule has 0 bridgehead atoms. The van der Waals surface area contributed by atoms with Gasteiger partial charge in [0.2, 0.25) is 11.4 Å². The van der Waals surface area contributed by atoms with Crippen LogP contribution in [0.25, 0.3) is 4.85 Å². The van der Waals surface area contributed by atoms with E-state index in [1.165, 1.54) is 84.8 Å². The van der Waals surface area contributed by atoms with Crippen molar-refractivity contribution in [2.24, 2.45) is 11.8 Å². The molecule has 3 atom stereocenters. The topological polar surface area (TPSA) is 159 Å². The third kappa shape index (κ3) is 26.3. The molecule has 0 aromatic rings. The van der Waals surface area contributed by atoms with E-state index in [0.29, 0.717) is 3.53 Å². The zero-order valence-corrected chi connectivity index (χ0v) is 35.6. The molecule has 0 fully saturated rings. The number of ether oxygens (including phenoxy) is 4. The summed E-state index contributed by atoms with van der Waals surface area (Å²) in [6, 6.07) is 0. The first-order valence-electron chi connectivity index (χ1n) is 18.2. The average Bonchev–Trinajstić information content (AvgIpc) is 3.04. The highest BCUT2D eigenvalue weighted by molar-refractivity contribution is 8.47. The van der Waals surface area contributed by atoms with Gasteiger partial charge in [0.1, 0.15) is 16.7 Å². The molecule has 52 heavy (non-hydrogen) atoms. The van der Waals surface area contributed by atoms with Crippen LogP contribution < -0.4 is 5.32 Å². The van der Waals surface area contributed by atoms with E-state index in [-0.39, 0.29) is 45.7 Å². The quantitative estimate of drug-likeness (QED) is 0.0245. The van der Waals surface area contributed by atoms with E-state index in [1.54, 1.807) is 13.8 Å². The number of hydrogen-bond donors (Lipinski definition) is 2. The van der Waals surface area contributed by atoms with Crippen LogP contribution in [-0.4, -0.2) is 103 Å². The largest absolute Gasteiger partial charge is 0.463 e. The predicted molar refractivity (Wildman–Crippen MR) is 214 cm³/mol. The summed E-state index contributed by atoms with van der Waals surface area (Å²) < 4.78 is 54.3. The van der Waals surface area contributed by atoms with Gasteiger partial charge in [-0.3, -0.25) is 18.9 Å². The molecule has 0 aliphatic heterocycles. The number of rotatable bonds is 30. The van der Waals surface area contributed by atoms with Gasteiger partial charge in [0.05, 0.1) is 41.6 Å². The van der Waals surface area contributed by atoms with Crippen molar-refractivity contribution in [2.75, 3.05) is 52.2 Å². The van der Waals surface area contributed by atoms with Crippen LogP contribution in [-0.2, 0) is 43.4 Å². The SMILES string of the molecule is [C-]#[N+]C(C)(C)CC(CC(CC(SC(=S)SCCCCCCCCCCCC)C(=O)NC(C)(C)CS(=O)(=O)O)C(=O)OCCOC)C(=O)OCCOC. The highest BCUT2D eigenvalue weighted by Gasteiger charge is 2.39. The van der Waals surface area contributed by atoms with Gasteiger partial charge < -0.3 is 29.1 Å². The molecule has 0 aliphatic carbocycles. The monoisotopic (exact) mass is 812 g/mol. The zero-order valence-electron chi connectivity index (χ0n) is 32.4. The second-order valence-corrected chi connectivity index (χ2v) is 19.3. The lowest BCUT2D eigenvalue weighted by Crippen LogP contribution is -2.51. The highest BCUT2D eigenvalue weighted by Crippen LogP contribution is 2.34. The fourth-order valence-electron chi connectivity index (χ4n) is 5.50. The Hall–Kier alpha value is -1.48. The van der Waals surface area contributed by atoms with E-state index in [4.69, 9.17) is 37.7 Å². The number of thiocarbonyl (C=S) groups is 1. The number of esters is 2. The van der Waals surface area contributed by atoms with Crippen LogP contribution >= 0.6 is 35.7 Å². The van der Waals surface area contributed by atoms with E-state index in [1.807, 2.05) is 0 Å². The number of unbranched alkanes of at least 4 members (excludes halogenated alkanes) is 9. The van der Waals surface area contributed by atoms with Crippen LogP contribution in [0, 0.1) is 18.4 Å². The molecule has 12 nitrogen and oxygen atoms in total.